The first-order chi connectivity index (χ1) is 9.22. The molecule has 2 saturated heterocycles. The van der Waals surface area contributed by atoms with E-state index in [1.54, 1.807) is 11.8 Å². The van der Waals surface area contributed by atoms with E-state index in [-0.39, 0.29) is 24.0 Å². The second-order valence-corrected chi connectivity index (χ2v) is 5.19. The molecule has 0 aromatic rings. The summed E-state index contributed by atoms with van der Waals surface area (Å²) in [7, 11) is 0. The number of nitrogens with zero attached hydrogens (tertiary/aromatic N) is 1. The summed E-state index contributed by atoms with van der Waals surface area (Å²) in [5, 5.41) is 0. The summed E-state index contributed by atoms with van der Waals surface area (Å²) in [4.78, 5) is 25.9. The standard InChI is InChI=1S/C14H23NO4/c1-2-18-14(17)12-7-3-4-8-15(12)13(16)10-11-6-5-9-19-11/h11-12H,2-10H2,1H3. The maximum absolute atomic E-state index is 12.3. The van der Waals surface area contributed by atoms with Crippen LogP contribution in [0.25, 0.3) is 0 Å². The zero-order chi connectivity index (χ0) is 13.7. The van der Waals surface area contributed by atoms with Crippen LogP contribution >= 0.6 is 0 Å². The van der Waals surface area contributed by atoms with Crippen LogP contribution in [0.1, 0.15) is 45.4 Å². The quantitative estimate of drug-likeness (QED) is 0.726. The van der Waals surface area contributed by atoms with Crippen LogP contribution in [-0.4, -0.2) is 48.7 Å². The van der Waals surface area contributed by atoms with Gasteiger partial charge in [-0.05, 0) is 39.0 Å². The maximum atomic E-state index is 12.3. The van der Waals surface area contributed by atoms with Gasteiger partial charge in [-0.3, -0.25) is 4.79 Å². The lowest BCUT2D eigenvalue weighted by atomic mass is 10.0. The minimum absolute atomic E-state index is 0.0321. The van der Waals surface area contributed by atoms with Crippen molar-refractivity contribution in [3.05, 3.63) is 0 Å². The number of hydrogen-bond acceptors (Lipinski definition) is 4. The van der Waals surface area contributed by atoms with Crippen LogP contribution in [-0.2, 0) is 19.1 Å². The van der Waals surface area contributed by atoms with E-state index in [2.05, 4.69) is 0 Å². The average Bonchev–Trinajstić information content (AvgIpc) is 2.92. The van der Waals surface area contributed by atoms with Crippen molar-refractivity contribution in [2.75, 3.05) is 19.8 Å². The molecule has 2 heterocycles. The third-order valence-corrected chi connectivity index (χ3v) is 3.81. The summed E-state index contributed by atoms with van der Waals surface area (Å²) in [6, 6.07) is -0.386. The van der Waals surface area contributed by atoms with E-state index in [0.717, 1.165) is 38.7 Å². The Labute approximate surface area is 114 Å². The number of ether oxygens (including phenoxy) is 2. The predicted molar refractivity (Wildman–Crippen MR) is 69.6 cm³/mol. The monoisotopic (exact) mass is 269 g/mol. The van der Waals surface area contributed by atoms with Crippen molar-refractivity contribution in [1.82, 2.24) is 4.90 Å². The van der Waals surface area contributed by atoms with E-state index in [9.17, 15) is 9.59 Å². The highest BCUT2D eigenvalue weighted by Gasteiger charge is 2.34. The van der Waals surface area contributed by atoms with Crippen LogP contribution in [0.4, 0.5) is 0 Å². The van der Waals surface area contributed by atoms with Crippen LogP contribution in [0, 0.1) is 0 Å². The lowest BCUT2D eigenvalue weighted by Crippen LogP contribution is -2.49. The van der Waals surface area contributed by atoms with Crippen LogP contribution in [0.3, 0.4) is 0 Å². The van der Waals surface area contributed by atoms with Crippen molar-refractivity contribution >= 4 is 11.9 Å². The molecule has 0 bridgehead atoms. The highest BCUT2D eigenvalue weighted by atomic mass is 16.5. The molecule has 2 atom stereocenters. The van der Waals surface area contributed by atoms with Crippen LogP contribution < -0.4 is 0 Å². The SMILES string of the molecule is CCOC(=O)C1CCCCN1C(=O)CC1CCCO1. The molecule has 5 heteroatoms. The Kier molecular flexibility index (Phi) is 5.19. The highest BCUT2D eigenvalue weighted by molar-refractivity contribution is 5.85. The second-order valence-electron chi connectivity index (χ2n) is 5.19. The third kappa shape index (κ3) is 3.69. The number of esters is 1. The van der Waals surface area contributed by atoms with Crippen LogP contribution in [0.15, 0.2) is 0 Å². The summed E-state index contributed by atoms with van der Waals surface area (Å²) in [5.41, 5.74) is 0. The fraction of sp³-hybridized carbons (Fsp3) is 0.857. The van der Waals surface area contributed by atoms with Gasteiger partial charge in [0.2, 0.25) is 5.91 Å². The van der Waals surface area contributed by atoms with Crippen molar-refractivity contribution in [2.24, 2.45) is 0 Å². The van der Waals surface area contributed by atoms with E-state index in [4.69, 9.17) is 9.47 Å². The molecular formula is C14H23NO4. The van der Waals surface area contributed by atoms with Crippen molar-refractivity contribution in [1.29, 1.82) is 0 Å². The Morgan fingerprint density at radius 2 is 2.11 bits per heavy atom. The average molecular weight is 269 g/mol. The van der Waals surface area contributed by atoms with E-state index in [0.29, 0.717) is 19.6 Å². The van der Waals surface area contributed by atoms with Crippen LogP contribution in [0.2, 0.25) is 0 Å². The molecule has 2 unspecified atom stereocenters. The van der Waals surface area contributed by atoms with E-state index in [1.807, 2.05) is 0 Å². The van der Waals surface area contributed by atoms with Gasteiger partial charge in [-0.1, -0.05) is 0 Å². The van der Waals surface area contributed by atoms with Crippen molar-refractivity contribution in [3.8, 4) is 0 Å². The minimum Gasteiger partial charge on any atom is -0.464 e. The van der Waals surface area contributed by atoms with Gasteiger partial charge in [0.25, 0.3) is 0 Å². The first-order valence-corrected chi connectivity index (χ1v) is 7.30. The van der Waals surface area contributed by atoms with Gasteiger partial charge in [0.1, 0.15) is 6.04 Å². The molecule has 0 spiro atoms. The van der Waals surface area contributed by atoms with Gasteiger partial charge in [-0.15, -0.1) is 0 Å². The number of hydrogen-bond donors (Lipinski definition) is 0. The van der Waals surface area contributed by atoms with Crippen molar-refractivity contribution in [2.45, 2.75) is 57.6 Å². The summed E-state index contributed by atoms with van der Waals surface area (Å²) >= 11 is 0. The first-order valence-electron chi connectivity index (χ1n) is 7.30. The van der Waals surface area contributed by atoms with Crippen LogP contribution in [0.5, 0.6) is 0 Å². The number of carbonyl (C=O) groups excluding carboxylic acids is 2. The summed E-state index contributed by atoms with van der Waals surface area (Å²) in [6.07, 6.45) is 5.08. The number of likely N-dealkylation sites (tertiary alicyclic amines) is 1. The van der Waals surface area contributed by atoms with E-state index in [1.165, 1.54) is 0 Å². The molecule has 108 valence electrons. The molecule has 2 fully saturated rings. The summed E-state index contributed by atoms with van der Waals surface area (Å²) in [5.74, 6) is -0.229. The fourth-order valence-corrected chi connectivity index (χ4v) is 2.83. The first kappa shape index (κ1) is 14.3. The Balaban J connectivity index is 1.93. The largest absolute Gasteiger partial charge is 0.464 e. The normalized spacial score (nSPS) is 27.3. The third-order valence-electron chi connectivity index (χ3n) is 3.81. The van der Waals surface area contributed by atoms with E-state index < -0.39 is 0 Å². The molecule has 1 amide bonds. The molecule has 0 saturated carbocycles. The molecule has 19 heavy (non-hydrogen) atoms. The Morgan fingerprint density at radius 1 is 1.26 bits per heavy atom. The lowest BCUT2D eigenvalue weighted by Gasteiger charge is -2.34. The van der Waals surface area contributed by atoms with Gasteiger partial charge >= 0.3 is 5.97 Å². The molecule has 0 N–H and O–H groups in total. The maximum Gasteiger partial charge on any atom is 0.328 e. The number of amides is 1. The molecule has 2 rings (SSSR count). The number of rotatable bonds is 4. The smallest absolute Gasteiger partial charge is 0.328 e. The van der Waals surface area contributed by atoms with Gasteiger partial charge < -0.3 is 14.4 Å². The topological polar surface area (TPSA) is 55.8 Å². The molecule has 0 aromatic carbocycles. The zero-order valence-electron chi connectivity index (χ0n) is 11.6. The fourth-order valence-electron chi connectivity index (χ4n) is 2.83. The molecule has 2 aliphatic heterocycles. The molecular weight excluding hydrogens is 246 g/mol. The van der Waals surface area contributed by atoms with Gasteiger partial charge in [0.15, 0.2) is 0 Å². The zero-order valence-corrected chi connectivity index (χ0v) is 11.6. The Bertz CT molecular complexity index is 325. The molecule has 0 aliphatic carbocycles. The number of piperidine rings is 1. The van der Waals surface area contributed by atoms with Gasteiger partial charge in [-0.25, -0.2) is 4.79 Å². The second kappa shape index (κ2) is 6.89. The van der Waals surface area contributed by atoms with Crippen molar-refractivity contribution in [3.63, 3.8) is 0 Å². The lowest BCUT2D eigenvalue weighted by molar-refractivity contribution is -0.157. The van der Waals surface area contributed by atoms with Crippen molar-refractivity contribution < 1.29 is 19.1 Å². The highest BCUT2D eigenvalue weighted by Crippen LogP contribution is 2.22. The summed E-state index contributed by atoms with van der Waals surface area (Å²) < 4.78 is 10.6. The predicted octanol–water partition coefficient (Wildman–Crippen LogP) is 1.50. The molecule has 0 radical (unpaired) electrons. The summed E-state index contributed by atoms with van der Waals surface area (Å²) in [6.45, 7) is 3.57. The molecule has 0 aromatic heterocycles. The number of carbonyl (C=O) groups is 2. The molecule has 2 aliphatic rings. The Morgan fingerprint density at radius 3 is 2.79 bits per heavy atom. The Hall–Kier alpha value is -1.10. The van der Waals surface area contributed by atoms with Gasteiger partial charge in [0, 0.05) is 13.2 Å². The van der Waals surface area contributed by atoms with Gasteiger partial charge in [-0.2, -0.15) is 0 Å². The van der Waals surface area contributed by atoms with E-state index >= 15 is 0 Å². The molecule has 5 nitrogen and oxygen atoms in total. The minimum atomic E-state index is -0.386. The van der Waals surface area contributed by atoms with Gasteiger partial charge in [0.05, 0.1) is 19.1 Å².